The van der Waals surface area contributed by atoms with Crippen molar-refractivity contribution in [2.24, 2.45) is 0 Å². The molecule has 0 aliphatic rings. The molecule has 0 amide bonds. The molecule has 61 heavy (non-hydrogen) atoms. The highest BCUT2D eigenvalue weighted by molar-refractivity contribution is 7.47. The highest BCUT2D eigenvalue weighted by Crippen LogP contribution is 2.43. The highest BCUT2D eigenvalue weighted by atomic mass is 31.2. The zero-order valence-corrected chi connectivity index (χ0v) is 40.0. The van der Waals surface area contributed by atoms with Crippen LogP contribution in [0.25, 0.3) is 0 Å². The minimum atomic E-state index is -4.43. The van der Waals surface area contributed by atoms with Gasteiger partial charge in [-0.25, -0.2) is 4.57 Å². The molecule has 0 saturated carbocycles. The van der Waals surface area contributed by atoms with E-state index in [9.17, 15) is 19.0 Å². The lowest BCUT2D eigenvalue weighted by atomic mass is 10.1. The SMILES string of the molecule is CCCCCCCCC=CCC=CCC=CCC=CCC(=O)O[C@H](COC(=O)CC=CCC=CCC=CCC=CCCCCCCCCC)COP(=O)(O)OCC[N+](C)(C)C. The summed E-state index contributed by atoms with van der Waals surface area (Å²) in [7, 11) is 1.37. The molecule has 0 heterocycles. The fourth-order valence-corrected chi connectivity index (χ4v) is 6.46. The highest BCUT2D eigenvalue weighted by Gasteiger charge is 2.26. The van der Waals surface area contributed by atoms with Crippen LogP contribution in [0.1, 0.15) is 162 Å². The second kappa shape index (κ2) is 42.2. The molecule has 0 aromatic carbocycles. The molecule has 10 heteroatoms. The van der Waals surface area contributed by atoms with Crippen LogP contribution in [0.5, 0.6) is 0 Å². The lowest BCUT2D eigenvalue weighted by Crippen LogP contribution is -2.37. The Bertz CT molecular complexity index is 1350. The number of carbonyl (C=O) groups is 2. The first-order valence-corrected chi connectivity index (χ1v) is 25.0. The number of carbonyl (C=O) groups excluding carboxylic acids is 2. The number of quaternary nitrogens is 1. The van der Waals surface area contributed by atoms with Gasteiger partial charge in [-0.2, -0.15) is 0 Å². The van der Waals surface area contributed by atoms with E-state index in [0.717, 1.165) is 38.5 Å². The first-order valence-electron chi connectivity index (χ1n) is 23.5. The van der Waals surface area contributed by atoms with Gasteiger partial charge < -0.3 is 18.9 Å². The predicted octanol–water partition coefficient (Wildman–Crippen LogP) is 13.7. The van der Waals surface area contributed by atoms with Crippen LogP contribution in [-0.4, -0.2) is 74.9 Å². The monoisotopic (exact) mass is 873 g/mol. The molecule has 0 radical (unpaired) electrons. The summed E-state index contributed by atoms with van der Waals surface area (Å²) in [6, 6.07) is 0. The van der Waals surface area contributed by atoms with E-state index in [4.69, 9.17) is 18.5 Å². The van der Waals surface area contributed by atoms with E-state index >= 15 is 0 Å². The van der Waals surface area contributed by atoms with Crippen LogP contribution in [0.15, 0.2) is 97.2 Å². The Balaban J connectivity index is 4.60. The molecular weight excluding hydrogens is 786 g/mol. The van der Waals surface area contributed by atoms with E-state index in [-0.39, 0.29) is 26.1 Å². The summed E-state index contributed by atoms with van der Waals surface area (Å²) in [5.41, 5.74) is 0. The largest absolute Gasteiger partial charge is 0.472 e. The molecule has 0 rings (SSSR count). The molecule has 0 aromatic heterocycles. The number of phosphoric ester groups is 1. The van der Waals surface area contributed by atoms with Crippen LogP contribution in [0.3, 0.4) is 0 Å². The third-order valence-electron chi connectivity index (χ3n) is 9.40. The zero-order chi connectivity index (χ0) is 45.0. The quantitative estimate of drug-likeness (QED) is 0.0213. The minimum absolute atomic E-state index is 0.00178. The molecule has 1 N–H and O–H groups in total. The first-order chi connectivity index (χ1) is 29.5. The minimum Gasteiger partial charge on any atom is -0.461 e. The molecule has 2 atom stereocenters. The van der Waals surface area contributed by atoms with Gasteiger partial charge in [0.05, 0.1) is 40.6 Å². The third-order valence-corrected chi connectivity index (χ3v) is 10.4. The maximum Gasteiger partial charge on any atom is 0.472 e. The number of allylic oxidation sites excluding steroid dienone is 14. The van der Waals surface area contributed by atoms with Crippen molar-refractivity contribution in [2.45, 2.75) is 168 Å². The Hall–Kier alpha value is -3.07. The zero-order valence-electron chi connectivity index (χ0n) is 39.1. The Labute approximate surface area is 373 Å². The number of hydrogen-bond donors (Lipinski definition) is 1. The van der Waals surface area contributed by atoms with Crippen molar-refractivity contribution in [2.75, 3.05) is 47.5 Å². The standard InChI is InChI=1S/C51H86NO8P/c1-6-8-10-12-14-16-18-20-22-24-26-28-29-31-33-35-37-39-41-43-50(53)57-47-49(48-59-61(55,56)58-46-45-52(3,4)5)60-51(54)44-42-40-38-36-34-32-30-27-25-23-21-19-17-15-13-11-9-7-2/h21-24,27-30,33-36,39-42,49H,6-20,25-26,31-32,37-38,43-48H2,1-5H3/p+1/t49-/m1/s1. The molecule has 348 valence electrons. The van der Waals surface area contributed by atoms with Gasteiger partial charge in [0.2, 0.25) is 0 Å². The number of unbranched alkanes of at least 4 members (excludes halogenated alkanes) is 13. The molecular formula is C51H87NO8P+. The van der Waals surface area contributed by atoms with Crippen molar-refractivity contribution in [3.05, 3.63) is 97.2 Å². The van der Waals surface area contributed by atoms with E-state index < -0.39 is 32.5 Å². The molecule has 0 aromatic rings. The van der Waals surface area contributed by atoms with Gasteiger partial charge >= 0.3 is 19.8 Å². The topological polar surface area (TPSA) is 108 Å². The fourth-order valence-electron chi connectivity index (χ4n) is 5.72. The van der Waals surface area contributed by atoms with Crippen molar-refractivity contribution in [1.82, 2.24) is 0 Å². The van der Waals surface area contributed by atoms with Gasteiger partial charge in [0.1, 0.15) is 19.8 Å². The van der Waals surface area contributed by atoms with E-state index in [1.807, 2.05) is 45.4 Å². The van der Waals surface area contributed by atoms with E-state index in [1.165, 1.54) is 83.5 Å². The average Bonchev–Trinajstić information content (AvgIpc) is 3.21. The summed E-state index contributed by atoms with van der Waals surface area (Å²) >= 11 is 0. The van der Waals surface area contributed by atoms with Gasteiger partial charge in [0, 0.05) is 0 Å². The molecule has 0 saturated heterocycles. The lowest BCUT2D eigenvalue weighted by Gasteiger charge is -2.24. The Morgan fingerprint density at radius 1 is 0.508 bits per heavy atom. The van der Waals surface area contributed by atoms with Crippen LogP contribution < -0.4 is 0 Å². The first kappa shape index (κ1) is 57.9. The van der Waals surface area contributed by atoms with Crippen molar-refractivity contribution < 1.29 is 42.1 Å². The predicted molar refractivity (Wildman–Crippen MR) is 256 cm³/mol. The maximum atomic E-state index is 12.6. The number of esters is 2. The molecule has 9 nitrogen and oxygen atoms in total. The van der Waals surface area contributed by atoms with Crippen LogP contribution in [-0.2, 0) is 32.7 Å². The fraction of sp³-hybridized carbons (Fsp3) is 0.647. The van der Waals surface area contributed by atoms with Gasteiger partial charge in [-0.05, 0) is 64.2 Å². The van der Waals surface area contributed by atoms with Gasteiger partial charge in [0.15, 0.2) is 6.10 Å². The molecule has 1 unspecified atom stereocenters. The summed E-state index contributed by atoms with van der Waals surface area (Å²) in [4.78, 5) is 35.3. The number of ether oxygens (including phenoxy) is 2. The number of likely N-dealkylation sites (N-methyl/N-ethyl adjacent to an activating group) is 1. The average molecular weight is 873 g/mol. The van der Waals surface area contributed by atoms with Gasteiger partial charge in [-0.1, -0.05) is 182 Å². The van der Waals surface area contributed by atoms with Crippen molar-refractivity contribution in [1.29, 1.82) is 0 Å². The number of phosphoric acid groups is 1. The van der Waals surface area contributed by atoms with Crippen LogP contribution in [0, 0.1) is 0 Å². The van der Waals surface area contributed by atoms with E-state index in [2.05, 4.69) is 74.6 Å². The normalized spacial score (nSPS) is 14.4. The second-order valence-corrected chi connectivity index (χ2v) is 17.9. The Kier molecular flexibility index (Phi) is 40.1. The lowest BCUT2D eigenvalue weighted by molar-refractivity contribution is -0.870. The van der Waals surface area contributed by atoms with Gasteiger partial charge in [0.25, 0.3) is 0 Å². The number of hydrogen-bond acceptors (Lipinski definition) is 7. The van der Waals surface area contributed by atoms with E-state index in [0.29, 0.717) is 23.9 Å². The Morgan fingerprint density at radius 2 is 0.885 bits per heavy atom. The second-order valence-electron chi connectivity index (χ2n) is 16.5. The van der Waals surface area contributed by atoms with Crippen molar-refractivity contribution >= 4 is 19.8 Å². The van der Waals surface area contributed by atoms with E-state index in [1.54, 1.807) is 12.2 Å². The molecule has 0 aliphatic heterocycles. The Morgan fingerprint density at radius 3 is 1.31 bits per heavy atom. The molecule has 0 fully saturated rings. The van der Waals surface area contributed by atoms with Crippen LogP contribution in [0.2, 0.25) is 0 Å². The number of rotatable bonds is 41. The van der Waals surface area contributed by atoms with Crippen LogP contribution >= 0.6 is 7.82 Å². The van der Waals surface area contributed by atoms with Crippen LogP contribution in [0.4, 0.5) is 0 Å². The molecule has 0 aliphatic carbocycles. The summed E-state index contributed by atoms with van der Waals surface area (Å²) in [6.07, 6.45) is 56.7. The van der Waals surface area contributed by atoms with Gasteiger partial charge in [-0.3, -0.25) is 18.6 Å². The van der Waals surface area contributed by atoms with Gasteiger partial charge in [-0.15, -0.1) is 0 Å². The maximum absolute atomic E-state index is 12.6. The summed E-state index contributed by atoms with van der Waals surface area (Å²) in [6.45, 7) is 4.18. The summed E-state index contributed by atoms with van der Waals surface area (Å²) in [5.74, 6) is -1.09. The summed E-state index contributed by atoms with van der Waals surface area (Å²) < 4.78 is 34.1. The third kappa shape index (κ3) is 46.3. The van der Waals surface area contributed by atoms with Crippen molar-refractivity contribution in [3.63, 3.8) is 0 Å². The smallest absolute Gasteiger partial charge is 0.461 e. The summed E-state index contributed by atoms with van der Waals surface area (Å²) in [5, 5.41) is 0. The molecule has 0 bridgehead atoms. The number of nitrogens with zero attached hydrogens (tertiary/aromatic N) is 1. The van der Waals surface area contributed by atoms with Crippen molar-refractivity contribution in [3.8, 4) is 0 Å². The molecule has 0 spiro atoms.